The zero-order valence-corrected chi connectivity index (χ0v) is 22.6. The quantitative estimate of drug-likeness (QED) is 0.276. The fourth-order valence-electron chi connectivity index (χ4n) is 5.92. The molecule has 2 aliphatic heterocycles. The minimum Gasteiger partial charge on any atom is -0.478 e. The summed E-state index contributed by atoms with van der Waals surface area (Å²) in [4.78, 5) is 23.8. The molecule has 11 heteroatoms. The summed E-state index contributed by atoms with van der Waals surface area (Å²) in [6.45, 7) is 4.06. The van der Waals surface area contributed by atoms with E-state index in [-0.39, 0.29) is 11.7 Å². The van der Waals surface area contributed by atoms with Crippen molar-refractivity contribution < 1.29 is 27.8 Å². The fraction of sp³-hybridized carbons (Fsp3) is 0.323. The maximum atomic E-state index is 13.0. The molecule has 0 spiro atoms. The Morgan fingerprint density at radius 2 is 1.83 bits per heavy atom. The van der Waals surface area contributed by atoms with Gasteiger partial charge in [-0.15, -0.1) is 0 Å². The third-order valence-corrected chi connectivity index (χ3v) is 8.24. The molecule has 0 saturated carbocycles. The molecular weight excluding hydrogens is 547 g/mol. The largest absolute Gasteiger partial charge is 0.478 e. The van der Waals surface area contributed by atoms with E-state index in [4.69, 9.17) is 14.7 Å². The number of alkyl halides is 3. The van der Waals surface area contributed by atoms with E-state index < -0.39 is 17.7 Å². The third-order valence-electron chi connectivity index (χ3n) is 8.24. The molecule has 0 amide bonds. The van der Waals surface area contributed by atoms with Gasteiger partial charge in [0.05, 0.1) is 58.9 Å². The highest BCUT2D eigenvalue weighted by molar-refractivity contribution is 5.92. The maximum absolute atomic E-state index is 13.0. The highest BCUT2D eigenvalue weighted by Crippen LogP contribution is 2.31. The minimum absolute atomic E-state index is 0.0864. The molecule has 3 aromatic carbocycles. The van der Waals surface area contributed by atoms with Crippen LogP contribution in [0.25, 0.3) is 22.1 Å². The molecule has 2 aromatic heterocycles. The normalized spacial score (nSPS) is 17.5. The van der Waals surface area contributed by atoms with Crippen molar-refractivity contribution in [1.82, 2.24) is 24.0 Å². The van der Waals surface area contributed by atoms with Crippen LogP contribution in [0.15, 0.2) is 60.7 Å². The summed E-state index contributed by atoms with van der Waals surface area (Å²) in [5.74, 6) is 0.809. The summed E-state index contributed by atoms with van der Waals surface area (Å²) in [6, 6.07) is 16.3. The molecule has 2 aliphatic rings. The number of rotatable bonds is 7. The van der Waals surface area contributed by atoms with Crippen LogP contribution in [0.4, 0.5) is 13.2 Å². The number of halogens is 3. The Hall–Kier alpha value is -4.22. The highest BCUT2D eigenvalue weighted by atomic mass is 19.4. The van der Waals surface area contributed by atoms with Crippen molar-refractivity contribution in [2.24, 2.45) is 0 Å². The van der Waals surface area contributed by atoms with Crippen molar-refractivity contribution in [1.29, 1.82) is 0 Å². The highest BCUT2D eigenvalue weighted by Gasteiger charge is 2.30. The first-order valence-electron chi connectivity index (χ1n) is 13.9. The number of aromatic nitrogens is 4. The lowest BCUT2D eigenvalue weighted by Gasteiger charge is -2.30. The molecule has 5 aromatic rings. The van der Waals surface area contributed by atoms with Gasteiger partial charge in [0, 0.05) is 19.7 Å². The summed E-state index contributed by atoms with van der Waals surface area (Å²) >= 11 is 0. The van der Waals surface area contributed by atoms with E-state index in [1.165, 1.54) is 12.1 Å². The zero-order chi connectivity index (χ0) is 29.0. The van der Waals surface area contributed by atoms with Crippen molar-refractivity contribution in [3.8, 4) is 0 Å². The molecule has 1 fully saturated rings. The lowest BCUT2D eigenvalue weighted by atomic mass is 10.0. The number of hydrogen-bond donors (Lipinski definition) is 1. The molecule has 1 saturated heterocycles. The van der Waals surface area contributed by atoms with Crippen molar-refractivity contribution in [2.75, 3.05) is 13.2 Å². The number of benzene rings is 3. The van der Waals surface area contributed by atoms with Gasteiger partial charge in [-0.3, -0.25) is 4.90 Å². The van der Waals surface area contributed by atoms with E-state index in [1.807, 2.05) is 18.2 Å². The Bertz CT molecular complexity index is 1800. The monoisotopic (exact) mass is 575 g/mol. The number of fused-ring (bicyclic) bond motifs is 4. The van der Waals surface area contributed by atoms with Gasteiger partial charge in [0.2, 0.25) is 0 Å². The topological polar surface area (TPSA) is 85.4 Å². The number of carboxylic acids is 1. The van der Waals surface area contributed by atoms with E-state index in [2.05, 4.69) is 14.0 Å². The van der Waals surface area contributed by atoms with Crippen LogP contribution in [0, 0.1) is 0 Å². The molecular formula is C31H28F3N5O3. The minimum atomic E-state index is -4.36. The Labute approximate surface area is 239 Å². The van der Waals surface area contributed by atoms with E-state index in [0.29, 0.717) is 26.1 Å². The van der Waals surface area contributed by atoms with Crippen molar-refractivity contribution in [3.63, 3.8) is 0 Å². The number of carboxylic acid groups (broad SMARTS) is 1. The Morgan fingerprint density at radius 3 is 2.55 bits per heavy atom. The molecule has 4 heterocycles. The van der Waals surface area contributed by atoms with Crippen molar-refractivity contribution in [2.45, 2.75) is 51.3 Å². The zero-order valence-electron chi connectivity index (χ0n) is 22.6. The average Bonchev–Trinajstić information content (AvgIpc) is 3.48. The first kappa shape index (κ1) is 26.7. The van der Waals surface area contributed by atoms with Gasteiger partial charge < -0.3 is 19.0 Å². The summed E-state index contributed by atoms with van der Waals surface area (Å²) < 4.78 is 49.0. The SMILES string of the molecule is O=C(O)c1ccc2nc(CN3CCn4c(nc5c(Cc6ccc(C(F)(F)F)cc6)cccc54)C3)n(C[C@@H]3CCO3)c2c1. The van der Waals surface area contributed by atoms with E-state index in [9.17, 15) is 23.1 Å². The van der Waals surface area contributed by atoms with E-state index in [0.717, 1.165) is 83.1 Å². The number of para-hydroxylation sites is 1. The molecule has 1 N–H and O–H groups in total. The van der Waals surface area contributed by atoms with Gasteiger partial charge in [0.15, 0.2) is 0 Å². The second-order valence-electron chi connectivity index (χ2n) is 11.0. The molecule has 1 atom stereocenters. The lowest BCUT2D eigenvalue weighted by molar-refractivity contribution is -0.137. The maximum Gasteiger partial charge on any atom is 0.416 e. The van der Waals surface area contributed by atoms with Gasteiger partial charge in [0.1, 0.15) is 11.6 Å². The van der Waals surface area contributed by atoms with Crippen LogP contribution in [0.3, 0.4) is 0 Å². The Balaban J connectivity index is 1.15. The van der Waals surface area contributed by atoms with E-state index in [1.54, 1.807) is 18.2 Å². The van der Waals surface area contributed by atoms with Gasteiger partial charge >= 0.3 is 12.1 Å². The molecule has 0 unspecified atom stereocenters. The number of hydrogen-bond acceptors (Lipinski definition) is 5. The molecule has 216 valence electrons. The van der Waals surface area contributed by atoms with Gasteiger partial charge in [-0.25, -0.2) is 14.8 Å². The lowest BCUT2D eigenvalue weighted by Crippen LogP contribution is -2.35. The van der Waals surface area contributed by atoms with Crippen molar-refractivity contribution >= 4 is 28.0 Å². The molecule has 42 heavy (non-hydrogen) atoms. The average molecular weight is 576 g/mol. The second kappa shape index (κ2) is 10.2. The summed E-state index contributed by atoms with van der Waals surface area (Å²) in [5, 5.41) is 9.52. The van der Waals surface area contributed by atoms with Crippen LogP contribution in [-0.2, 0) is 43.5 Å². The van der Waals surface area contributed by atoms with Crippen LogP contribution in [-0.4, -0.2) is 54.3 Å². The molecule has 0 radical (unpaired) electrons. The Kier molecular flexibility index (Phi) is 6.51. The van der Waals surface area contributed by atoms with Crippen LogP contribution in [0.2, 0.25) is 0 Å². The fourth-order valence-corrected chi connectivity index (χ4v) is 5.92. The first-order valence-corrected chi connectivity index (χ1v) is 13.9. The number of carbonyl (C=O) groups is 1. The van der Waals surface area contributed by atoms with Crippen LogP contribution in [0.1, 0.15) is 45.1 Å². The van der Waals surface area contributed by atoms with Crippen LogP contribution in [0.5, 0.6) is 0 Å². The second-order valence-corrected chi connectivity index (χ2v) is 11.0. The predicted molar refractivity (Wildman–Crippen MR) is 149 cm³/mol. The van der Waals surface area contributed by atoms with Gasteiger partial charge in [-0.2, -0.15) is 13.2 Å². The molecule has 7 rings (SSSR count). The Morgan fingerprint density at radius 1 is 1.02 bits per heavy atom. The summed E-state index contributed by atoms with van der Waals surface area (Å²) in [5.41, 5.74) is 4.76. The molecule has 0 aliphatic carbocycles. The van der Waals surface area contributed by atoms with Crippen molar-refractivity contribution in [3.05, 3.63) is 94.6 Å². The molecule has 8 nitrogen and oxygen atoms in total. The number of nitrogens with zero attached hydrogens (tertiary/aromatic N) is 5. The number of aromatic carboxylic acids is 1. The summed E-state index contributed by atoms with van der Waals surface area (Å²) in [6.07, 6.45) is -2.83. The van der Waals surface area contributed by atoms with Crippen LogP contribution < -0.4 is 0 Å². The van der Waals surface area contributed by atoms with Crippen LogP contribution >= 0.6 is 0 Å². The van der Waals surface area contributed by atoms with Gasteiger partial charge in [-0.1, -0.05) is 24.3 Å². The molecule has 0 bridgehead atoms. The standard InChI is InChI=1S/C31H28F3N5O3/c32-31(33,34)22-7-4-19(5-8-22)14-20-2-1-3-25-29(20)36-28-18-37(11-12-38(25)28)17-27-35-24-9-6-21(30(40)41)15-26(24)39(27)16-23-10-13-42-23/h1-9,15,23H,10-14,16-18H2,(H,40,41)/t23-/m0/s1. The smallest absolute Gasteiger partial charge is 0.416 e. The third kappa shape index (κ3) is 4.92. The van der Waals surface area contributed by atoms with Gasteiger partial charge in [-0.05, 0) is 60.4 Å². The summed E-state index contributed by atoms with van der Waals surface area (Å²) in [7, 11) is 0. The van der Waals surface area contributed by atoms with Gasteiger partial charge in [0.25, 0.3) is 0 Å². The first-order chi connectivity index (χ1) is 20.2. The predicted octanol–water partition coefficient (Wildman–Crippen LogP) is 5.50. The number of ether oxygens (including phenoxy) is 1. The number of imidazole rings is 2. The van der Waals surface area contributed by atoms with E-state index >= 15 is 0 Å².